The van der Waals surface area contributed by atoms with Crippen molar-refractivity contribution in [3.05, 3.63) is 51.7 Å². The Morgan fingerprint density at radius 1 is 1.29 bits per heavy atom. The van der Waals surface area contributed by atoms with Crippen LogP contribution >= 0.6 is 11.3 Å². The molecule has 0 bridgehead atoms. The smallest absolute Gasteiger partial charge is 0.204 e. The number of thiophene rings is 1. The summed E-state index contributed by atoms with van der Waals surface area (Å²) in [7, 11) is 3.09. The van der Waals surface area contributed by atoms with Crippen LogP contribution in [0.5, 0.6) is 11.5 Å². The monoisotopic (exact) mass is 299 g/mol. The fourth-order valence-corrected chi connectivity index (χ4v) is 2.43. The zero-order chi connectivity index (χ0) is 15.2. The maximum absolute atomic E-state index is 12.2. The molecular formula is C16H13NO3S. The molecule has 0 aliphatic carbocycles. The highest BCUT2D eigenvalue weighted by atomic mass is 32.1. The lowest BCUT2D eigenvalue weighted by molar-refractivity contribution is 0.104. The average Bonchev–Trinajstić information content (AvgIpc) is 3.06. The van der Waals surface area contributed by atoms with Crippen molar-refractivity contribution in [1.29, 1.82) is 5.26 Å². The van der Waals surface area contributed by atoms with E-state index in [1.807, 2.05) is 6.07 Å². The Hall–Kier alpha value is -2.58. The average molecular weight is 299 g/mol. The number of rotatable bonds is 5. The van der Waals surface area contributed by atoms with Gasteiger partial charge in [0.15, 0.2) is 0 Å². The van der Waals surface area contributed by atoms with Gasteiger partial charge in [-0.25, -0.2) is 0 Å². The number of benzene rings is 1. The van der Waals surface area contributed by atoms with Crippen LogP contribution in [0.2, 0.25) is 0 Å². The number of methoxy groups -OCH3 is 2. The summed E-state index contributed by atoms with van der Waals surface area (Å²) in [5.41, 5.74) is 1.23. The van der Waals surface area contributed by atoms with Crippen molar-refractivity contribution >= 4 is 23.2 Å². The highest BCUT2D eigenvalue weighted by molar-refractivity contribution is 7.08. The van der Waals surface area contributed by atoms with Gasteiger partial charge in [0.25, 0.3) is 0 Å². The zero-order valence-corrected chi connectivity index (χ0v) is 12.4. The third kappa shape index (κ3) is 3.30. The Kier molecular flexibility index (Phi) is 4.75. The number of hydrogen-bond acceptors (Lipinski definition) is 5. The Bertz CT molecular complexity index is 712. The number of hydrogen-bond donors (Lipinski definition) is 0. The van der Waals surface area contributed by atoms with Gasteiger partial charge in [-0.2, -0.15) is 16.6 Å². The normalized spacial score (nSPS) is 10.8. The molecule has 0 amide bonds. The third-order valence-corrected chi connectivity index (χ3v) is 3.57. The second-order valence-electron chi connectivity index (χ2n) is 4.12. The molecule has 0 saturated carbocycles. The molecule has 0 aliphatic heterocycles. The van der Waals surface area contributed by atoms with Crippen molar-refractivity contribution < 1.29 is 14.3 Å². The summed E-state index contributed by atoms with van der Waals surface area (Å²) in [5.74, 6) is 0.892. The summed E-state index contributed by atoms with van der Waals surface area (Å²) < 4.78 is 10.4. The van der Waals surface area contributed by atoms with Crippen molar-refractivity contribution in [2.75, 3.05) is 14.2 Å². The van der Waals surface area contributed by atoms with Crippen LogP contribution in [0.25, 0.3) is 6.08 Å². The number of nitrogens with zero attached hydrogens (tertiary/aromatic N) is 1. The highest BCUT2D eigenvalue weighted by Gasteiger charge is 2.13. The molecule has 2 rings (SSSR count). The first kappa shape index (κ1) is 14.8. The lowest BCUT2D eigenvalue weighted by atomic mass is 10.0. The summed E-state index contributed by atoms with van der Waals surface area (Å²) in [6, 6.07) is 8.84. The number of allylic oxidation sites excluding steroid dienone is 1. The number of Topliss-reactive ketones (excluding diaryl/α,β-unsaturated/α-hetero) is 1. The van der Waals surface area contributed by atoms with Crippen LogP contribution in [0.3, 0.4) is 0 Å². The van der Waals surface area contributed by atoms with Crippen molar-refractivity contribution in [2.24, 2.45) is 0 Å². The summed E-state index contributed by atoms with van der Waals surface area (Å²) >= 11 is 1.42. The molecule has 1 aromatic heterocycles. The molecule has 0 aliphatic rings. The minimum Gasteiger partial charge on any atom is -0.497 e. The van der Waals surface area contributed by atoms with E-state index in [4.69, 9.17) is 9.47 Å². The van der Waals surface area contributed by atoms with E-state index in [2.05, 4.69) is 0 Å². The first-order chi connectivity index (χ1) is 10.2. The van der Waals surface area contributed by atoms with E-state index in [1.165, 1.54) is 24.5 Å². The molecule has 0 fully saturated rings. The van der Waals surface area contributed by atoms with Crippen LogP contribution < -0.4 is 9.47 Å². The molecule has 21 heavy (non-hydrogen) atoms. The van der Waals surface area contributed by atoms with Gasteiger partial charge in [0.05, 0.1) is 14.2 Å². The largest absolute Gasteiger partial charge is 0.497 e. The van der Waals surface area contributed by atoms with E-state index in [0.29, 0.717) is 22.6 Å². The minimum absolute atomic E-state index is 0.0665. The molecule has 0 spiro atoms. The van der Waals surface area contributed by atoms with Gasteiger partial charge in [0.1, 0.15) is 23.1 Å². The molecule has 106 valence electrons. The number of nitriles is 1. The van der Waals surface area contributed by atoms with Gasteiger partial charge in [-0.3, -0.25) is 4.79 Å². The predicted octanol–water partition coefficient (Wildman–Crippen LogP) is 3.56. The lowest BCUT2D eigenvalue weighted by Gasteiger charge is -2.07. The van der Waals surface area contributed by atoms with Crippen molar-refractivity contribution in [3.63, 3.8) is 0 Å². The van der Waals surface area contributed by atoms with Gasteiger partial charge in [-0.15, -0.1) is 0 Å². The van der Waals surface area contributed by atoms with Gasteiger partial charge in [0.2, 0.25) is 5.78 Å². The van der Waals surface area contributed by atoms with Crippen LogP contribution in [0.4, 0.5) is 0 Å². The van der Waals surface area contributed by atoms with E-state index >= 15 is 0 Å². The number of ketones is 1. The highest BCUT2D eigenvalue weighted by Crippen LogP contribution is 2.27. The van der Waals surface area contributed by atoms with Crippen LogP contribution in [0, 0.1) is 11.3 Å². The standard InChI is InChI=1S/C16H13NO3S/c1-19-14-4-3-11(15(8-14)20-2)7-13(9-17)16(18)12-5-6-21-10-12/h3-8,10H,1-2H3. The second kappa shape index (κ2) is 6.73. The Morgan fingerprint density at radius 3 is 2.67 bits per heavy atom. The van der Waals surface area contributed by atoms with Crippen LogP contribution in [0.15, 0.2) is 40.6 Å². The minimum atomic E-state index is -0.295. The van der Waals surface area contributed by atoms with Gasteiger partial charge >= 0.3 is 0 Å². The molecule has 0 unspecified atom stereocenters. The van der Waals surface area contributed by atoms with Gasteiger partial charge < -0.3 is 9.47 Å². The molecule has 0 N–H and O–H groups in total. The summed E-state index contributed by atoms with van der Waals surface area (Å²) in [6.07, 6.45) is 1.53. The van der Waals surface area contributed by atoms with Crippen LogP contribution in [-0.2, 0) is 0 Å². The molecule has 5 heteroatoms. The van der Waals surface area contributed by atoms with Gasteiger partial charge in [0, 0.05) is 22.6 Å². The van der Waals surface area contributed by atoms with Crippen molar-refractivity contribution in [2.45, 2.75) is 0 Å². The molecular weight excluding hydrogens is 286 g/mol. The molecule has 0 radical (unpaired) electrons. The first-order valence-corrected chi connectivity index (χ1v) is 7.04. The quantitative estimate of drug-likeness (QED) is 0.481. The molecule has 4 nitrogen and oxygen atoms in total. The molecule has 0 atom stereocenters. The molecule has 2 aromatic rings. The number of carbonyl (C=O) groups is 1. The van der Waals surface area contributed by atoms with Crippen molar-refractivity contribution in [3.8, 4) is 17.6 Å². The summed E-state index contributed by atoms with van der Waals surface area (Å²) in [5, 5.41) is 12.7. The number of carbonyl (C=O) groups excluding carboxylic acids is 1. The SMILES string of the molecule is COc1ccc(C=C(C#N)C(=O)c2ccsc2)c(OC)c1. The van der Waals surface area contributed by atoms with E-state index in [9.17, 15) is 10.1 Å². The molecule has 1 heterocycles. The fourth-order valence-electron chi connectivity index (χ4n) is 1.79. The Labute approximate surface area is 126 Å². The van der Waals surface area contributed by atoms with Gasteiger partial charge in [-0.05, 0) is 29.7 Å². The predicted molar refractivity (Wildman–Crippen MR) is 81.8 cm³/mol. The fraction of sp³-hybridized carbons (Fsp3) is 0.125. The molecule has 0 saturated heterocycles. The second-order valence-corrected chi connectivity index (χ2v) is 4.90. The first-order valence-electron chi connectivity index (χ1n) is 6.10. The van der Waals surface area contributed by atoms with E-state index in [1.54, 1.807) is 42.1 Å². The number of ether oxygens (including phenoxy) is 2. The van der Waals surface area contributed by atoms with E-state index in [-0.39, 0.29) is 11.4 Å². The summed E-state index contributed by atoms with van der Waals surface area (Å²) in [4.78, 5) is 12.2. The summed E-state index contributed by atoms with van der Waals surface area (Å²) in [6.45, 7) is 0. The Balaban J connectivity index is 2.41. The maximum atomic E-state index is 12.2. The van der Waals surface area contributed by atoms with Gasteiger partial charge in [-0.1, -0.05) is 0 Å². The van der Waals surface area contributed by atoms with E-state index < -0.39 is 0 Å². The lowest BCUT2D eigenvalue weighted by Crippen LogP contribution is -2.00. The maximum Gasteiger partial charge on any atom is 0.204 e. The van der Waals surface area contributed by atoms with E-state index in [0.717, 1.165) is 0 Å². The van der Waals surface area contributed by atoms with Crippen molar-refractivity contribution in [1.82, 2.24) is 0 Å². The Morgan fingerprint density at radius 2 is 2.10 bits per heavy atom. The molecule has 1 aromatic carbocycles. The van der Waals surface area contributed by atoms with Crippen LogP contribution in [0.1, 0.15) is 15.9 Å². The topological polar surface area (TPSA) is 59.3 Å². The zero-order valence-electron chi connectivity index (χ0n) is 11.6. The third-order valence-electron chi connectivity index (χ3n) is 2.89. The van der Waals surface area contributed by atoms with Crippen LogP contribution in [-0.4, -0.2) is 20.0 Å².